The summed E-state index contributed by atoms with van der Waals surface area (Å²) in [4.78, 5) is 4.64. The molecule has 1 aliphatic heterocycles. The molecular weight excluding hydrogens is 294 g/mol. The summed E-state index contributed by atoms with van der Waals surface area (Å²) in [5.41, 5.74) is 0. The molecule has 4 rings (SSSR count). The minimum Gasteiger partial charge on any atom is -0.348 e. The highest BCUT2D eigenvalue weighted by atomic mass is 16.7. The first-order valence-electron chi connectivity index (χ1n) is 9.03. The van der Waals surface area contributed by atoms with Crippen molar-refractivity contribution in [1.29, 1.82) is 0 Å². The zero-order valence-corrected chi connectivity index (χ0v) is 14.1. The molecular formula is C17H27N3O3. The van der Waals surface area contributed by atoms with Crippen molar-refractivity contribution in [2.24, 2.45) is 5.92 Å². The summed E-state index contributed by atoms with van der Waals surface area (Å²) in [6, 6.07) is 0.580. The van der Waals surface area contributed by atoms with Crippen LogP contribution >= 0.6 is 0 Å². The molecule has 1 saturated heterocycles. The Hall–Kier alpha value is -0.980. The minimum absolute atomic E-state index is 0.125. The van der Waals surface area contributed by atoms with E-state index in [-0.39, 0.29) is 11.8 Å². The van der Waals surface area contributed by atoms with Crippen molar-refractivity contribution in [3.63, 3.8) is 0 Å². The molecule has 1 aromatic rings. The van der Waals surface area contributed by atoms with Crippen molar-refractivity contribution in [3.8, 4) is 0 Å². The molecule has 1 aromatic heterocycles. The lowest BCUT2D eigenvalue weighted by atomic mass is 9.88. The number of hydrogen-bond acceptors (Lipinski definition) is 6. The molecule has 0 amide bonds. The maximum atomic E-state index is 5.81. The highest BCUT2D eigenvalue weighted by Gasteiger charge is 2.41. The van der Waals surface area contributed by atoms with Crippen LogP contribution < -0.4 is 5.32 Å². The summed E-state index contributed by atoms with van der Waals surface area (Å²) >= 11 is 0. The Morgan fingerprint density at radius 1 is 1.09 bits per heavy atom. The largest absolute Gasteiger partial charge is 0.348 e. The van der Waals surface area contributed by atoms with Crippen LogP contribution in [0.15, 0.2) is 4.52 Å². The molecule has 2 aliphatic carbocycles. The summed E-state index contributed by atoms with van der Waals surface area (Å²) < 4.78 is 17.2. The van der Waals surface area contributed by atoms with Gasteiger partial charge in [0.2, 0.25) is 5.89 Å². The van der Waals surface area contributed by atoms with E-state index in [4.69, 9.17) is 14.0 Å². The quantitative estimate of drug-likeness (QED) is 0.899. The Kier molecular flexibility index (Phi) is 4.15. The van der Waals surface area contributed by atoms with E-state index < -0.39 is 0 Å². The van der Waals surface area contributed by atoms with Gasteiger partial charge in [-0.05, 0) is 31.6 Å². The van der Waals surface area contributed by atoms with Gasteiger partial charge in [0.25, 0.3) is 0 Å². The molecule has 0 bridgehead atoms. The van der Waals surface area contributed by atoms with Crippen molar-refractivity contribution in [2.45, 2.75) is 76.2 Å². The van der Waals surface area contributed by atoms with Gasteiger partial charge < -0.3 is 19.3 Å². The van der Waals surface area contributed by atoms with Crippen molar-refractivity contribution in [2.75, 3.05) is 13.2 Å². The van der Waals surface area contributed by atoms with Crippen LogP contribution in [0.4, 0.5) is 0 Å². The molecule has 0 aromatic carbocycles. The highest BCUT2D eigenvalue weighted by Crippen LogP contribution is 2.39. The normalized spacial score (nSPS) is 26.2. The van der Waals surface area contributed by atoms with Gasteiger partial charge in [-0.3, -0.25) is 0 Å². The molecule has 128 valence electrons. The van der Waals surface area contributed by atoms with Gasteiger partial charge in [-0.15, -0.1) is 0 Å². The van der Waals surface area contributed by atoms with Crippen LogP contribution in [0, 0.1) is 5.92 Å². The fourth-order valence-corrected chi connectivity index (χ4v) is 3.69. The van der Waals surface area contributed by atoms with Crippen LogP contribution in [0.25, 0.3) is 0 Å². The van der Waals surface area contributed by atoms with Crippen LogP contribution in [-0.4, -0.2) is 35.2 Å². The molecule has 2 heterocycles. The molecule has 23 heavy (non-hydrogen) atoms. The number of aromatic nitrogens is 2. The molecule has 6 nitrogen and oxygen atoms in total. The lowest BCUT2D eigenvalue weighted by Crippen LogP contribution is -2.44. The third-order valence-corrected chi connectivity index (χ3v) is 5.31. The number of rotatable bonds is 5. The van der Waals surface area contributed by atoms with Crippen LogP contribution in [0.2, 0.25) is 0 Å². The number of ether oxygens (including phenoxy) is 2. The number of nitrogens with one attached hydrogen (secondary N) is 1. The van der Waals surface area contributed by atoms with Crippen LogP contribution in [0.1, 0.15) is 76.0 Å². The molecule has 1 atom stereocenters. The van der Waals surface area contributed by atoms with Gasteiger partial charge in [0.15, 0.2) is 11.6 Å². The first-order valence-corrected chi connectivity index (χ1v) is 9.03. The predicted octanol–water partition coefficient (Wildman–Crippen LogP) is 2.92. The van der Waals surface area contributed by atoms with E-state index in [0.29, 0.717) is 17.9 Å². The maximum absolute atomic E-state index is 5.81. The Labute approximate surface area is 137 Å². The minimum atomic E-state index is -0.296. The molecule has 3 aliphatic rings. The first-order chi connectivity index (χ1) is 11.2. The topological polar surface area (TPSA) is 69.4 Å². The summed E-state index contributed by atoms with van der Waals surface area (Å²) in [5, 5.41) is 7.91. The zero-order chi connectivity index (χ0) is 15.9. The van der Waals surface area contributed by atoms with Crippen molar-refractivity contribution >= 4 is 0 Å². The molecule has 2 saturated carbocycles. The van der Waals surface area contributed by atoms with Gasteiger partial charge in [0, 0.05) is 24.8 Å². The third-order valence-electron chi connectivity index (χ3n) is 5.31. The van der Waals surface area contributed by atoms with E-state index in [1.165, 1.54) is 12.8 Å². The van der Waals surface area contributed by atoms with E-state index in [9.17, 15) is 0 Å². The van der Waals surface area contributed by atoms with Crippen LogP contribution in [-0.2, 0) is 9.47 Å². The fraction of sp³-hybridized carbons (Fsp3) is 0.882. The Balaban J connectivity index is 1.38. The summed E-state index contributed by atoms with van der Waals surface area (Å²) in [6.45, 7) is 5.87. The fourth-order valence-electron chi connectivity index (χ4n) is 3.69. The summed E-state index contributed by atoms with van der Waals surface area (Å²) in [6.07, 6.45) is 6.45. The average Bonchev–Trinajstić information content (AvgIpc) is 3.11. The summed E-state index contributed by atoms with van der Waals surface area (Å²) in [5.74, 6) is 2.29. The van der Waals surface area contributed by atoms with Gasteiger partial charge >= 0.3 is 0 Å². The van der Waals surface area contributed by atoms with E-state index in [1.54, 1.807) is 0 Å². The van der Waals surface area contributed by atoms with Crippen molar-refractivity contribution in [3.05, 3.63) is 11.7 Å². The standard InChI is InChI=1S/C17H27N3O3/c1-11(2)14(16-19-15(20-23-16)12-3-4-12)18-13-5-7-17(8-6-13)21-9-10-22-17/h11-14,18H,3-10H2,1-2H3. The van der Waals surface area contributed by atoms with Gasteiger partial charge in [-0.2, -0.15) is 4.98 Å². The number of hydrogen-bond donors (Lipinski definition) is 1. The predicted molar refractivity (Wildman–Crippen MR) is 83.9 cm³/mol. The molecule has 0 radical (unpaired) electrons. The second kappa shape index (κ2) is 6.15. The van der Waals surface area contributed by atoms with Crippen LogP contribution in [0.3, 0.4) is 0 Å². The van der Waals surface area contributed by atoms with E-state index in [2.05, 4.69) is 29.3 Å². The van der Waals surface area contributed by atoms with Gasteiger partial charge in [0.05, 0.1) is 19.3 Å². The maximum Gasteiger partial charge on any atom is 0.244 e. The smallest absolute Gasteiger partial charge is 0.244 e. The molecule has 1 spiro atoms. The molecule has 1 unspecified atom stereocenters. The second-order valence-electron chi connectivity index (χ2n) is 7.54. The van der Waals surface area contributed by atoms with Gasteiger partial charge in [-0.25, -0.2) is 0 Å². The lowest BCUT2D eigenvalue weighted by Gasteiger charge is -2.37. The zero-order valence-electron chi connectivity index (χ0n) is 14.1. The molecule has 1 N–H and O–H groups in total. The Morgan fingerprint density at radius 2 is 1.78 bits per heavy atom. The second-order valence-corrected chi connectivity index (χ2v) is 7.54. The molecule has 3 fully saturated rings. The summed E-state index contributed by atoms with van der Waals surface area (Å²) in [7, 11) is 0. The van der Waals surface area contributed by atoms with E-state index in [0.717, 1.165) is 50.6 Å². The van der Waals surface area contributed by atoms with Crippen molar-refractivity contribution < 1.29 is 14.0 Å². The Bertz CT molecular complexity index is 525. The van der Waals surface area contributed by atoms with Gasteiger partial charge in [0.1, 0.15) is 0 Å². The van der Waals surface area contributed by atoms with Gasteiger partial charge in [-0.1, -0.05) is 19.0 Å². The third kappa shape index (κ3) is 3.30. The number of nitrogens with zero attached hydrogens (tertiary/aromatic N) is 2. The first kappa shape index (κ1) is 15.5. The monoisotopic (exact) mass is 321 g/mol. The Morgan fingerprint density at radius 3 is 2.39 bits per heavy atom. The van der Waals surface area contributed by atoms with E-state index >= 15 is 0 Å². The lowest BCUT2D eigenvalue weighted by molar-refractivity contribution is -0.180. The molecule has 6 heteroatoms. The highest BCUT2D eigenvalue weighted by molar-refractivity contribution is 5.05. The van der Waals surface area contributed by atoms with Crippen LogP contribution in [0.5, 0.6) is 0 Å². The van der Waals surface area contributed by atoms with E-state index in [1.807, 2.05) is 0 Å². The van der Waals surface area contributed by atoms with Crippen molar-refractivity contribution in [1.82, 2.24) is 15.5 Å². The SMILES string of the molecule is CC(C)C(NC1CCC2(CC1)OCCO2)c1nc(C2CC2)no1. The average molecular weight is 321 g/mol.